The standard InChI is InChI=1S/C21H26FN5O2S.3ClH/c1-14-5-8-20-21(25-14)19(15(2)27(20)13-16(22)9-10-23)11-17-6-7-18(12-24-17)30(28,29)26(3)4;;;/h5-9,12H,10-11,13,23H2,1-4H3;3*1H. The third-order valence-corrected chi connectivity index (χ3v) is 6.81. The summed E-state index contributed by atoms with van der Waals surface area (Å²) in [5.41, 5.74) is 10.4. The second-order valence-corrected chi connectivity index (χ2v) is 9.46. The fourth-order valence-corrected chi connectivity index (χ4v) is 4.17. The van der Waals surface area contributed by atoms with E-state index in [2.05, 4.69) is 9.97 Å². The van der Waals surface area contributed by atoms with Gasteiger partial charge in [0.15, 0.2) is 0 Å². The van der Waals surface area contributed by atoms with Crippen molar-refractivity contribution in [1.82, 2.24) is 18.8 Å². The highest BCUT2D eigenvalue weighted by Crippen LogP contribution is 2.28. The number of aryl methyl sites for hydroxylation is 1. The van der Waals surface area contributed by atoms with Crippen molar-refractivity contribution in [2.45, 2.75) is 31.7 Å². The lowest BCUT2D eigenvalue weighted by molar-refractivity contribution is 0.520. The number of nitrogens with zero attached hydrogens (tertiary/aromatic N) is 4. The van der Waals surface area contributed by atoms with Crippen LogP contribution in [0.15, 0.2) is 47.3 Å². The van der Waals surface area contributed by atoms with Crippen LogP contribution >= 0.6 is 37.2 Å². The molecule has 0 unspecified atom stereocenters. The molecule has 0 amide bonds. The van der Waals surface area contributed by atoms with E-state index in [0.717, 1.165) is 32.3 Å². The quantitative estimate of drug-likeness (QED) is 0.489. The van der Waals surface area contributed by atoms with Crippen molar-refractivity contribution >= 4 is 58.3 Å². The zero-order chi connectivity index (χ0) is 22.1. The molecule has 0 spiro atoms. The van der Waals surface area contributed by atoms with Gasteiger partial charge >= 0.3 is 0 Å². The van der Waals surface area contributed by atoms with Crippen LogP contribution in [0.2, 0.25) is 0 Å². The number of hydrogen-bond acceptors (Lipinski definition) is 5. The molecular weight excluding hydrogens is 512 g/mol. The van der Waals surface area contributed by atoms with Crippen LogP contribution in [-0.4, -0.2) is 47.9 Å². The van der Waals surface area contributed by atoms with Crippen molar-refractivity contribution in [2.75, 3.05) is 20.6 Å². The maximum Gasteiger partial charge on any atom is 0.244 e. The first kappa shape index (κ1) is 31.2. The maximum atomic E-state index is 14.2. The SMILES string of the molecule is Cc1ccc2c(n1)c(Cc1ccc(S(=O)(=O)N(C)C)cn1)c(C)n2CC(F)=CCN.Cl.Cl.Cl. The summed E-state index contributed by atoms with van der Waals surface area (Å²) in [6.45, 7) is 4.05. The van der Waals surface area contributed by atoms with Gasteiger partial charge in [-0.25, -0.2) is 17.1 Å². The van der Waals surface area contributed by atoms with E-state index >= 15 is 0 Å². The summed E-state index contributed by atoms with van der Waals surface area (Å²) >= 11 is 0. The van der Waals surface area contributed by atoms with E-state index in [1.807, 2.05) is 30.5 Å². The molecule has 0 aliphatic heterocycles. The number of fused-ring (bicyclic) bond motifs is 1. The van der Waals surface area contributed by atoms with Crippen molar-refractivity contribution in [3.63, 3.8) is 0 Å². The molecule has 12 heteroatoms. The first-order chi connectivity index (χ1) is 14.1. The Balaban J connectivity index is 0.00000341. The van der Waals surface area contributed by atoms with Crippen LogP contribution in [-0.2, 0) is 23.0 Å². The van der Waals surface area contributed by atoms with Crippen molar-refractivity contribution in [3.8, 4) is 0 Å². The van der Waals surface area contributed by atoms with Gasteiger partial charge in [0.1, 0.15) is 10.7 Å². The molecule has 0 radical (unpaired) electrons. The van der Waals surface area contributed by atoms with Gasteiger partial charge in [-0.3, -0.25) is 9.97 Å². The Morgan fingerprint density at radius 3 is 2.36 bits per heavy atom. The van der Waals surface area contributed by atoms with E-state index in [1.165, 1.54) is 26.4 Å². The minimum absolute atomic E-state index is 0. The zero-order valence-electron chi connectivity index (χ0n) is 18.8. The molecule has 3 heterocycles. The summed E-state index contributed by atoms with van der Waals surface area (Å²) in [4.78, 5) is 9.15. The third-order valence-electron chi connectivity index (χ3n) is 5.01. The Bertz CT molecular complexity index is 1210. The van der Waals surface area contributed by atoms with E-state index in [9.17, 15) is 12.8 Å². The second kappa shape index (κ2) is 12.6. The van der Waals surface area contributed by atoms with Gasteiger partial charge < -0.3 is 10.3 Å². The molecular formula is C21H29Cl3FN5O2S. The zero-order valence-corrected chi connectivity index (χ0v) is 22.0. The molecule has 3 rings (SSSR count). The molecule has 0 fully saturated rings. The molecule has 0 bridgehead atoms. The number of allylic oxidation sites excluding steroid dienone is 1. The van der Waals surface area contributed by atoms with Gasteiger partial charge in [0.2, 0.25) is 10.0 Å². The Morgan fingerprint density at radius 2 is 1.82 bits per heavy atom. The Morgan fingerprint density at radius 1 is 1.15 bits per heavy atom. The maximum absolute atomic E-state index is 14.2. The fourth-order valence-electron chi connectivity index (χ4n) is 3.32. The number of nitrogens with two attached hydrogens (primary N) is 1. The molecule has 0 saturated carbocycles. The molecule has 2 N–H and O–H groups in total. The van der Waals surface area contributed by atoms with Crippen LogP contribution in [0.1, 0.15) is 22.6 Å². The molecule has 0 aliphatic rings. The van der Waals surface area contributed by atoms with E-state index in [4.69, 9.17) is 5.73 Å². The molecule has 0 aromatic carbocycles. The molecule has 33 heavy (non-hydrogen) atoms. The van der Waals surface area contributed by atoms with Crippen LogP contribution in [0.25, 0.3) is 11.0 Å². The number of halogens is 4. The monoisotopic (exact) mass is 539 g/mol. The lowest BCUT2D eigenvalue weighted by Crippen LogP contribution is -2.22. The number of aromatic nitrogens is 3. The molecule has 0 saturated heterocycles. The molecule has 7 nitrogen and oxygen atoms in total. The average molecular weight is 541 g/mol. The largest absolute Gasteiger partial charge is 0.336 e. The van der Waals surface area contributed by atoms with E-state index < -0.39 is 10.0 Å². The van der Waals surface area contributed by atoms with Crippen molar-refractivity contribution < 1.29 is 12.8 Å². The lowest BCUT2D eigenvalue weighted by Gasteiger charge is -2.11. The van der Waals surface area contributed by atoms with Gasteiger partial charge in [-0.2, -0.15) is 0 Å². The summed E-state index contributed by atoms with van der Waals surface area (Å²) in [5, 5.41) is 0. The van der Waals surface area contributed by atoms with Crippen LogP contribution in [0, 0.1) is 13.8 Å². The molecule has 0 aliphatic carbocycles. The highest BCUT2D eigenvalue weighted by molar-refractivity contribution is 7.89. The number of rotatable bonds is 7. The predicted molar refractivity (Wildman–Crippen MR) is 137 cm³/mol. The molecule has 184 valence electrons. The molecule has 3 aromatic heterocycles. The van der Waals surface area contributed by atoms with E-state index in [1.54, 1.807) is 12.1 Å². The molecule has 3 aromatic rings. The van der Waals surface area contributed by atoms with Crippen molar-refractivity contribution in [2.24, 2.45) is 5.73 Å². The minimum atomic E-state index is -3.53. The molecule has 0 atom stereocenters. The fraction of sp³-hybridized carbons (Fsp3) is 0.333. The van der Waals surface area contributed by atoms with Crippen LogP contribution in [0.3, 0.4) is 0 Å². The average Bonchev–Trinajstić information content (AvgIpc) is 2.93. The smallest absolute Gasteiger partial charge is 0.244 e. The third kappa shape index (κ3) is 6.65. The number of pyridine rings is 2. The van der Waals surface area contributed by atoms with Gasteiger partial charge in [-0.15, -0.1) is 37.2 Å². The second-order valence-electron chi connectivity index (χ2n) is 7.31. The number of sulfonamides is 1. The van der Waals surface area contributed by atoms with Gasteiger partial charge in [-0.1, -0.05) is 0 Å². The van der Waals surface area contributed by atoms with Crippen LogP contribution < -0.4 is 5.73 Å². The van der Waals surface area contributed by atoms with Crippen molar-refractivity contribution in [3.05, 3.63) is 65.0 Å². The van der Waals surface area contributed by atoms with Gasteiger partial charge in [0.25, 0.3) is 0 Å². The van der Waals surface area contributed by atoms with Gasteiger partial charge in [0, 0.05) is 55.9 Å². The summed E-state index contributed by atoms with van der Waals surface area (Å²) in [5.74, 6) is -0.305. The summed E-state index contributed by atoms with van der Waals surface area (Å²) in [6.07, 6.45) is 3.18. The highest BCUT2D eigenvalue weighted by atomic mass is 35.5. The summed E-state index contributed by atoms with van der Waals surface area (Å²) in [6, 6.07) is 7.08. The van der Waals surface area contributed by atoms with Crippen molar-refractivity contribution in [1.29, 1.82) is 0 Å². The predicted octanol–water partition coefficient (Wildman–Crippen LogP) is 3.97. The topological polar surface area (TPSA) is 94.1 Å². The first-order valence-electron chi connectivity index (χ1n) is 9.52. The lowest BCUT2D eigenvalue weighted by atomic mass is 10.1. The normalized spacial score (nSPS) is 11.7. The van der Waals surface area contributed by atoms with Crippen LogP contribution in [0.5, 0.6) is 0 Å². The van der Waals surface area contributed by atoms with Gasteiger partial charge in [-0.05, 0) is 44.2 Å². The minimum Gasteiger partial charge on any atom is -0.336 e. The van der Waals surface area contributed by atoms with E-state index in [0.29, 0.717) is 12.1 Å². The van der Waals surface area contributed by atoms with Gasteiger partial charge in [0.05, 0.1) is 17.6 Å². The summed E-state index contributed by atoms with van der Waals surface area (Å²) in [7, 11) is -0.574. The highest BCUT2D eigenvalue weighted by Gasteiger charge is 2.20. The van der Waals surface area contributed by atoms with E-state index in [-0.39, 0.29) is 61.0 Å². The Kier molecular flexibility index (Phi) is 12.0. The number of hydrogen-bond donors (Lipinski definition) is 1. The van der Waals surface area contributed by atoms with Crippen LogP contribution in [0.4, 0.5) is 4.39 Å². The first-order valence-corrected chi connectivity index (χ1v) is 11.0. The Labute approximate surface area is 212 Å². The summed E-state index contributed by atoms with van der Waals surface area (Å²) < 4.78 is 41.7. The Hall–Kier alpha value is -1.75.